The number of aromatic nitrogens is 3. The highest BCUT2D eigenvalue weighted by Gasteiger charge is 2.35. The lowest BCUT2D eigenvalue weighted by atomic mass is 10.1. The third-order valence-corrected chi connectivity index (χ3v) is 4.30. The molecule has 0 saturated heterocycles. The zero-order chi connectivity index (χ0) is 20.1. The highest BCUT2D eigenvalue weighted by molar-refractivity contribution is 7.91. The minimum absolute atomic E-state index is 0.192. The summed E-state index contributed by atoms with van der Waals surface area (Å²) in [5.41, 5.74) is -3.57. The summed E-state index contributed by atoms with van der Waals surface area (Å²) in [4.78, 5) is 28.3. The first kappa shape index (κ1) is 18.8. The Morgan fingerprint density at radius 3 is 2.37 bits per heavy atom. The van der Waals surface area contributed by atoms with E-state index in [4.69, 9.17) is 0 Å². The molecular weight excluding hydrogens is 389 g/mol. The van der Waals surface area contributed by atoms with Gasteiger partial charge in [0.25, 0.3) is 5.56 Å². The van der Waals surface area contributed by atoms with Crippen LogP contribution in [0.3, 0.4) is 0 Å². The average Bonchev–Trinajstić information content (AvgIpc) is 2.94. The molecule has 2 heterocycles. The Hall–Kier alpha value is -3.02. The summed E-state index contributed by atoms with van der Waals surface area (Å²) < 4.78 is 64.7. The third kappa shape index (κ3) is 3.47. The van der Waals surface area contributed by atoms with Crippen molar-refractivity contribution in [3.8, 4) is 5.69 Å². The lowest BCUT2D eigenvalue weighted by molar-refractivity contribution is -0.137. The van der Waals surface area contributed by atoms with E-state index in [-0.39, 0.29) is 21.3 Å². The van der Waals surface area contributed by atoms with Crippen LogP contribution < -0.4 is 16.1 Å². The Morgan fingerprint density at radius 1 is 1.19 bits per heavy atom. The van der Waals surface area contributed by atoms with E-state index in [0.717, 1.165) is 12.3 Å². The van der Waals surface area contributed by atoms with Gasteiger partial charge < -0.3 is 9.55 Å². The summed E-state index contributed by atoms with van der Waals surface area (Å²) >= 11 is 0. The van der Waals surface area contributed by atoms with Crippen LogP contribution in [0.15, 0.2) is 40.1 Å². The van der Waals surface area contributed by atoms with Gasteiger partial charge in [-0.05, 0) is 31.2 Å². The molecule has 12 heteroatoms. The molecule has 0 radical (unpaired) electrons. The molecule has 0 amide bonds. The predicted molar refractivity (Wildman–Crippen MR) is 92.1 cm³/mol. The molecule has 0 aliphatic carbocycles. The van der Waals surface area contributed by atoms with Crippen molar-refractivity contribution < 1.29 is 21.6 Å². The van der Waals surface area contributed by atoms with Crippen molar-refractivity contribution in [2.75, 3.05) is 11.1 Å². The number of hydrogen-bond acceptors (Lipinski definition) is 4. The summed E-state index contributed by atoms with van der Waals surface area (Å²) in [7, 11) is -3.97. The Kier molecular flexibility index (Phi) is 4.18. The van der Waals surface area contributed by atoms with Gasteiger partial charge in [-0.15, -0.1) is 0 Å². The van der Waals surface area contributed by atoms with Gasteiger partial charge in [0.1, 0.15) is 0 Å². The number of nitrogens with zero attached hydrogens (tertiary/aromatic N) is 2. The van der Waals surface area contributed by atoms with Crippen molar-refractivity contribution in [3.63, 3.8) is 0 Å². The summed E-state index contributed by atoms with van der Waals surface area (Å²) in [6, 6.07) is 4.73. The first-order chi connectivity index (χ1) is 12.4. The summed E-state index contributed by atoms with van der Waals surface area (Å²) in [6.45, 7) is 1.58. The predicted octanol–water partition coefficient (Wildman–Crippen LogP) is 1.31. The van der Waals surface area contributed by atoms with Crippen LogP contribution in [0.1, 0.15) is 11.3 Å². The van der Waals surface area contributed by atoms with Crippen LogP contribution in [-0.2, 0) is 16.2 Å². The van der Waals surface area contributed by atoms with Gasteiger partial charge in [0.05, 0.1) is 28.4 Å². The molecule has 1 aromatic carbocycles. The van der Waals surface area contributed by atoms with Crippen molar-refractivity contribution >= 4 is 20.9 Å². The highest BCUT2D eigenvalue weighted by Crippen LogP contribution is 2.36. The number of benzene rings is 1. The smallest absolute Gasteiger partial charge is 0.321 e. The number of sulfonamides is 1. The monoisotopic (exact) mass is 402 g/mol. The Morgan fingerprint density at radius 2 is 1.85 bits per heavy atom. The lowest BCUT2D eigenvalue weighted by Gasteiger charge is -2.17. The minimum atomic E-state index is -4.75. The molecule has 2 N–H and O–H groups in total. The Bertz CT molecular complexity index is 1270. The molecular formula is C15H13F3N4O4S. The van der Waals surface area contributed by atoms with Gasteiger partial charge in [0.2, 0.25) is 10.0 Å². The first-order valence-corrected chi connectivity index (χ1v) is 9.30. The van der Waals surface area contributed by atoms with Crippen molar-refractivity contribution in [2.24, 2.45) is 0 Å². The number of aromatic amines is 1. The van der Waals surface area contributed by atoms with Crippen LogP contribution >= 0.6 is 0 Å². The van der Waals surface area contributed by atoms with E-state index in [1.165, 1.54) is 16.8 Å². The maximum atomic E-state index is 13.5. The first-order valence-electron chi connectivity index (χ1n) is 7.41. The second-order valence-corrected chi connectivity index (χ2v) is 7.59. The van der Waals surface area contributed by atoms with E-state index in [1.54, 1.807) is 17.8 Å². The Labute approximate surface area is 149 Å². The number of rotatable bonds is 3. The molecule has 0 aliphatic heterocycles. The van der Waals surface area contributed by atoms with Crippen LogP contribution in [-0.4, -0.2) is 28.9 Å². The van der Waals surface area contributed by atoms with Gasteiger partial charge >= 0.3 is 11.9 Å². The highest BCUT2D eigenvalue weighted by atomic mass is 32.2. The molecule has 8 nitrogen and oxygen atoms in total. The summed E-state index contributed by atoms with van der Waals surface area (Å²) in [5.74, 6) is 0. The second-order valence-electron chi connectivity index (χ2n) is 5.87. The number of hydrogen-bond donors (Lipinski definition) is 2. The molecule has 3 aromatic rings. The summed E-state index contributed by atoms with van der Waals surface area (Å²) in [6.07, 6.45) is -2.63. The van der Waals surface area contributed by atoms with Crippen molar-refractivity contribution in [1.29, 1.82) is 0 Å². The molecule has 0 saturated carbocycles. The fraction of sp³-hybridized carbons (Fsp3) is 0.200. The van der Waals surface area contributed by atoms with Crippen LogP contribution in [0.2, 0.25) is 0 Å². The zero-order valence-electron chi connectivity index (χ0n) is 14.0. The van der Waals surface area contributed by atoms with Crippen molar-refractivity contribution in [3.05, 3.63) is 62.6 Å². The number of alkyl halides is 3. The second kappa shape index (κ2) is 6.01. The normalized spacial score (nSPS) is 12.5. The Balaban J connectivity index is 2.43. The molecule has 0 fully saturated rings. The fourth-order valence-electron chi connectivity index (χ4n) is 2.66. The number of aryl methyl sites for hydroxylation is 1. The van der Waals surface area contributed by atoms with Gasteiger partial charge in [0.15, 0.2) is 0 Å². The number of fused-ring (bicyclic) bond motifs is 1. The maximum absolute atomic E-state index is 13.5. The molecule has 0 aliphatic rings. The average molecular weight is 402 g/mol. The number of nitrogens with one attached hydrogen (secondary N) is 2. The van der Waals surface area contributed by atoms with Gasteiger partial charge in [0, 0.05) is 11.9 Å². The minimum Gasteiger partial charge on any atom is -0.321 e. The summed E-state index contributed by atoms with van der Waals surface area (Å²) in [5, 5.41) is -0.290. The van der Waals surface area contributed by atoms with Crippen LogP contribution in [0, 0.1) is 6.92 Å². The molecule has 0 atom stereocenters. The molecule has 0 bridgehead atoms. The van der Waals surface area contributed by atoms with E-state index >= 15 is 0 Å². The SMILES string of the molecule is Cc1cccn1-c1cc2c(=O)n(NS(C)(=O)=O)c(=O)[nH]c2cc1C(F)(F)F. The van der Waals surface area contributed by atoms with E-state index in [0.29, 0.717) is 11.8 Å². The standard InChI is InChI=1S/C15H13F3N4O4S/c1-8-4-3-5-21(8)12-6-9-11(7-10(12)15(16,17)18)19-14(24)22(13(9)23)20-27(2,25)26/h3-7,20H,1-2H3,(H,19,24). The van der Waals surface area contributed by atoms with E-state index in [1.807, 2.05) is 0 Å². The molecule has 0 unspecified atom stereocenters. The molecule has 3 rings (SSSR count). The van der Waals surface area contributed by atoms with E-state index < -0.39 is 33.0 Å². The zero-order valence-corrected chi connectivity index (χ0v) is 14.8. The van der Waals surface area contributed by atoms with Crippen LogP contribution in [0.5, 0.6) is 0 Å². The van der Waals surface area contributed by atoms with Crippen LogP contribution in [0.4, 0.5) is 13.2 Å². The quantitative estimate of drug-likeness (QED) is 0.689. The maximum Gasteiger partial charge on any atom is 0.418 e. The van der Waals surface area contributed by atoms with Crippen molar-refractivity contribution in [1.82, 2.24) is 14.2 Å². The largest absolute Gasteiger partial charge is 0.418 e. The van der Waals surface area contributed by atoms with E-state index in [2.05, 4.69) is 4.98 Å². The number of H-pyrrole nitrogens is 1. The molecule has 2 aromatic heterocycles. The van der Waals surface area contributed by atoms with Gasteiger partial charge in [-0.2, -0.15) is 17.8 Å². The van der Waals surface area contributed by atoms with Gasteiger partial charge in [-0.3, -0.25) is 4.79 Å². The van der Waals surface area contributed by atoms with Crippen molar-refractivity contribution in [2.45, 2.75) is 13.1 Å². The fourth-order valence-corrected chi connectivity index (χ4v) is 3.16. The topological polar surface area (TPSA) is 106 Å². The van der Waals surface area contributed by atoms with E-state index in [9.17, 15) is 31.2 Å². The lowest BCUT2D eigenvalue weighted by Crippen LogP contribution is -2.43. The molecule has 144 valence electrons. The molecule has 27 heavy (non-hydrogen) atoms. The molecule has 0 spiro atoms. The van der Waals surface area contributed by atoms with Gasteiger partial charge in [-0.1, -0.05) is 0 Å². The van der Waals surface area contributed by atoms with Crippen LogP contribution in [0.25, 0.3) is 16.6 Å². The number of halogens is 3. The third-order valence-electron chi connectivity index (χ3n) is 3.79. The van der Waals surface area contributed by atoms with Gasteiger partial charge in [-0.25, -0.2) is 18.0 Å².